The number of benzene rings is 2. The monoisotopic (exact) mass is 373 g/mol. The molecular weight excluding hydrogens is 354 g/mol. The highest BCUT2D eigenvalue weighted by Crippen LogP contribution is 2.28. The van der Waals surface area contributed by atoms with Gasteiger partial charge in [0.25, 0.3) is 5.91 Å². The van der Waals surface area contributed by atoms with Gasteiger partial charge in [-0.1, -0.05) is 24.3 Å². The molecule has 6 nitrogen and oxygen atoms in total. The average Bonchev–Trinajstić information content (AvgIpc) is 3.05. The molecule has 0 bridgehead atoms. The summed E-state index contributed by atoms with van der Waals surface area (Å²) >= 11 is 0. The first-order valence-electron chi connectivity index (χ1n) is 7.97. The normalized spacial score (nSPS) is 12.7. The molecular formula is C19H19NO5S. The molecule has 0 radical (unpaired) electrons. The van der Waals surface area contributed by atoms with Crippen molar-refractivity contribution in [2.45, 2.75) is 17.9 Å². The Labute approximate surface area is 151 Å². The lowest BCUT2D eigenvalue weighted by Gasteiger charge is -2.13. The summed E-state index contributed by atoms with van der Waals surface area (Å²) < 4.78 is 33.9. The standard InChI is InChI=1S/C19H19NO5S/c1-12(13-7-9-15(10-8-13)26(3,22)23)20-19(21)17-11-14-5-4-6-16(24-2)18(14)25-17/h4-12H,1-3H3,(H,20,21)/t12-/m1/s1. The van der Waals surface area contributed by atoms with Gasteiger partial charge in [-0.2, -0.15) is 0 Å². The van der Waals surface area contributed by atoms with Gasteiger partial charge in [0.05, 0.1) is 18.0 Å². The van der Waals surface area contributed by atoms with Crippen LogP contribution in [0.3, 0.4) is 0 Å². The van der Waals surface area contributed by atoms with Crippen LogP contribution < -0.4 is 10.1 Å². The summed E-state index contributed by atoms with van der Waals surface area (Å²) in [5, 5.41) is 3.62. The number of para-hydroxylation sites is 1. The number of nitrogens with one attached hydrogen (secondary N) is 1. The minimum atomic E-state index is -3.25. The molecule has 136 valence electrons. The summed E-state index contributed by atoms with van der Waals surface area (Å²) in [5.41, 5.74) is 1.31. The highest BCUT2D eigenvalue weighted by atomic mass is 32.2. The van der Waals surface area contributed by atoms with Crippen molar-refractivity contribution in [3.05, 3.63) is 59.9 Å². The fraction of sp³-hybridized carbons (Fsp3) is 0.211. The van der Waals surface area contributed by atoms with Crippen LogP contribution in [0.15, 0.2) is 57.8 Å². The molecule has 1 atom stereocenters. The Morgan fingerprint density at radius 1 is 1.15 bits per heavy atom. The summed E-state index contributed by atoms with van der Waals surface area (Å²) in [6.07, 6.45) is 1.16. The van der Waals surface area contributed by atoms with Crippen molar-refractivity contribution in [3.63, 3.8) is 0 Å². The van der Waals surface area contributed by atoms with Crippen molar-refractivity contribution < 1.29 is 22.4 Å². The number of furan rings is 1. The van der Waals surface area contributed by atoms with E-state index >= 15 is 0 Å². The van der Waals surface area contributed by atoms with Gasteiger partial charge in [-0.05, 0) is 36.8 Å². The van der Waals surface area contributed by atoms with E-state index in [1.807, 2.05) is 19.1 Å². The number of hydrogen-bond acceptors (Lipinski definition) is 5. The van der Waals surface area contributed by atoms with Crippen molar-refractivity contribution in [2.24, 2.45) is 0 Å². The van der Waals surface area contributed by atoms with Crippen LogP contribution in [-0.4, -0.2) is 27.7 Å². The molecule has 0 spiro atoms. The third-order valence-corrected chi connectivity index (χ3v) is 5.24. The molecule has 1 amide bonds. The van der Waals surface area contributed by atoms with Gasteiger partial charge >= 0.3 is 0 Å². The number of rotatable bonds is 5. The topological polar surface area (TPSA) is 85.6 Å². The lowest BCUT2D eigenvalue weighted by Crippen LogP contribution is -2.26. The Kier molecular flexibility index (Phi) is 4.73. The Bertz CT molecular complexity index is 1050. The molecule has 0 unspecified atom stereocenters. The number of hydrogen-bond donors (Lipinski definition) is 1. The molecule has 1 N–H and O–H groups in total. The van der Waals surface area contributed by atoms with E-state index in [1.54, 1.807) is 31.4 Å². The minimum Gasteiger partial charge on any atom is -0.493 e. The summed E-state index contributed by atoms with van der Waals surface area (Å²) in [5.74, 6) is 0.387. The van der Waals surface area contributed by atoms with E-state index < -0.39 is 9.84 Å². The summed E-state index contributed by atoms with van der Waals surface area (Å²) in [7, 11) is -1.71. The van der Waals surface area contributed by atoms with E-state index in [-0.39, 0.29) is 22.6 Å². The number of fused-ring (bicyclic) bond motifs is 1. The van der Waals surface area contributed by atoms with Crippen molar-refractivity contribution in [1.82, 2.24) is 5.32 Å². The van der Waals surface area contributed by atoms with E-state index in [0.717, 1.165) is 17.2 Å². The molecule has 7 heteroatoms. The van der Waals surface area contributed by atoms with E-state index in [1.165, 1.54) is 12.1 Å². The number of amides is 1. The van der Waals surface area contributed by atoms with Crippen LogP contribution in [-0.2, 0) is 9.84 Å². The summed E-state index contributed by atoms with van der Waals surface area (Å²) in [6, 6.07) is 13.2. The molecule has 0 saturated heterocycles. The van der Waals surface area contributed by atoms with Crippen LogP contribution in [0.25, 0.3) is 11.0 Å². The van der Waals surface area contributed by atoms with Crippen LogP contribution in [0.4, 0.5) is 0 Å². The number of sulfone groups is 1. The Hall–Kier alpha value is -2.80. The van der Waals surface area contributed by atoms with E-state index in [4.69, 9.17) is 9.15 Å². The summed E-state index contributed by atoms with van der Waals surface area (Å²) in [6.45, 7) is 1.82. The van der Waals surface area contributed by atoms with Crippen molar-refractivity contribution >= 4 is 26.7 Å². The Morgan fingerprint density at radius 3 is 2.46 bits per heavy atom. The zero-order valence-corrected chi connectivity index (χ0v) is 15.5. The second-order valence-electron chi connectivity index (χ2n) is 6.03. The number of carbonyl (C=O) groups excluding carboxylic acids is 1. The van der Waals surface area contributed by atoms with Crippen LogP contribution in [0.1, 0.15) is 29.1 Å². The van der Waals surface area contributed by atoms with Gasteiger partial charge in [0.2, 0.25) is 0 Å². The smallest absolute Gasteiger partial charge is 0.287 e. The van der Waals surface area contributed by atoms with E-state index in [0.29, 0.717) is 11.3 Å². The van der Waals surface area contributed by atoms with Gasteiger partial charge in [-0.15, -0.1) is 0 Å². The number of ether oxygens (including phenoxy) is 1. The maximum absolute atomic E-state index is 12.5. The average molecular weight is 373 g/mol. The lowest BCUT2D eigenvalue weighted by atomic mass is 10.1. The van der Waals surface area contributed by atoms with Gasteiger partial charge in [0.1, 0.15) is 0 Å². The van der Waals surface area contributed by atoms with Crippen LogP contribution in [0.5, 0.6) is 5.75 Å². The number of methoxy groups -OCH3 is 1. The molecule has 0 aliphatic rings. The van der Waals surface area contributed by atoms with Gasteiger partial charge in [0.15, 0.2) is 26.9 Å². The van der Waals surface area contributed by atoms with Gasteiger partial charge < -0.3 is 14.5 Å². The first-order chi connectivity index (χ1) is 12.3. The Morgan fingerprint density at radius 2 is 1.85 bits per heavy atom. The quantitative estimate of drug-likeness (QED) is 0.741. The predicted octanol–water partition coefficient (Wildman–Crippen LogP) is 3.34. The molecule has 3 rings (SSSR count). The fourth-order valence-electron chi connectivity index (χ4n) is 2.66. The summed E-state index contributed by atoms with van der Waals surface area (Å²) in [4.78, 5) is 12.7. The molecule has 2 aromatic carbocycles. The first-order valence-corrected chi connectivity index (χ1v) is 9.86. The maximum Gasteiger partial charge on any atom is 0.287 e. The third kappa shape index (κ3) is 3.57. The number of carbonyl (C=O) groups is 1. The second-order valence-corrected chi connectivity index (χ2v) is 8.04. The van der Waals surface area contributed by atoms with E-state index in [9.17, 15) is 13.2 Å². The molecule has 0 aliphatic heterocycles. The first kappa shape index (κ1) is 18.0. The molecule has 0 aliphatic carbocycles. The molecule has 26 heavy (non-hydrogen) atoms. The molecule has 0 fully saturated rings. The zero-order valence-electron chi connectivity index (χ0n) is 14.6. The molecule has 1 heterocycles. The maximum atomic E-state index is 12.5. The van der Waals surface area contributed by atoms with Gasteiger partial charge in [-0.3, -0.25) is 4.79 Å². The largest absolute Gasteiger partial charge is 0.493 e. The molecule has 0 saturated carbocycles. The second kappa shape index (κ2) is 6.84. The van der Waals surface area contributed by atoms with Crippen LogP contribution in [0, 0.1) is 0 Å². The van der Waals surface area contributed by atoms with Crippen molar-refractivity contribution in [1.29, 1.82) is 0 Å². The van der Waals surface area contributed by atoms with E-state index in [2.05, 4.69) is 5.32 Å². The molecule has 3 aromatic rings. The predicted molar refractivity (Wildman–Crippen MR) is 98.2 cm³/mol. The third-order valence-electron chi connectivity index (χ3n) is 4.11. The van der Waals surface area contributed by atoms with Crippen molar-refractivity contribution in [2.75, 3.05) is 13.4 Å². The zero-order chi connectivity index (χ0) is 18.9. The lowest BCUT2D eigenvalue weighted by molar-refractivity contribution is 0.0914. The highest BCUT2D eigenvalue weighted by Gasteiger charge is 2.17. The van der Waals surface area contributed by atoms with Gasteiger partial charge in [-0.25, -0.2) is 8.42 Å². The SMILES string of the molecule is COc1cccc2cc(C(=O)N[C@H](C)c3ccc(S(C)(=O)=O)cc3)oc12. The Balaban J connectivity index is 1.79. The highest BCUT2D eigenvalue weighted by molar-refractivity contribution is 7.90. The van der Waals surface area contributed by atoms with Crippen LogP contribution in [0.2, 0.25) is 0 Å². The van der Waals surface area contributed by atoms with Crippen LogP contribution >= 0.6 is 0 Å². The fourth-order valence-corrected chi connectivity index (χ4v) is 3.29. The molecule has 1 aromatic heterocycles. The minimum absolute atomic E-state index is 0.184. The van der Waals surface area contributed by atoms with Crippen molar-refractivity contribution in [3.8, 4) is 5.75 Å². The van der Waals surface area contributed by atoms with Gasteiger partial charge in [0, 0.05) is 11.6 Å².